The van der Waals surface area contributed by atoms with Crippen LogP contribution in [-0.4, -0.2) is 68.7 Å². The molecule has 200 valence electrons. The van der Waals surface area contributed by atoms with E-state index in [9.17, 15) is 23.1 Å². The molecule has 12 heteroatoms. The Morgan fingerprint density at radius 3 is 2.70 bits per heavy atom. The fourth-order valence-electron chi connectivity index (χ4n) is 4.61. The van der Waals surface area contributed by atoms with Gasteiger partial charge in [-0.2, -0.15) is 5.10 Å². The molecule has 1 aliphatic rings. The lowest BCUT2D eigenvalue weighted by Crippen LogP contribution is -2.37. The number of hydrogen-bond donors (Lipinski definition) is 2. The first kappa shape index (κ1) is 26.6. The van der Waals surface area contributed by atoms with Gasteiger partial charge in [-0.3, -0.25) is 9.48 Å². The number of H-pyrrole nitrogens is 1. The van der Waals surface area contributed by atoms with Gasteiger partial charge in [-0.05, 0) is 57.7 Å². The van der Waals surface area contributed by atoms with Crippen LogP contribution in [0.25, 0.3) is 22.4 Å². The molecule has 0 saturated carbocycles. The molecular formula is C25H33N5O6S. The molecule has 0 aliphatic carbocycles. The van der Waals surface area contributed by atoms with Crippen molar-refractivity contribution in [3.8, 4) is 17.1 Å². The molecule has 1 amide bonds. The van der Waals surface area contributed by atoms with Crippen LogP contribution in [-0.2, 0) is 22.8 Å². The molecule has 3 aromatic rings. The molecule has 1 fully saturated rings. The molecule has 0 bridgehead atoms. The summed E-state index contributed by atoms with van der Waals surface area (Å²) in [5, 5.41) is 13.5. The maximum atomic E-state index is 13.4. The summed E-state index contributed by atoms with van der Waals surface area (Å²) in [5.41, 5.74) is 1.20. The van der Waals surface area contributed by atoms with E-state index in [1.807, 2.05) is 13.8 Å². The number of nitrogens with one attached hydrogen (secondary N) is 1. The molecule has 1 atom stereocenters. The topological polar surface area (TPSA) is 147 Å². The highest BCUT2D eigenvalue weighted by Gasteiger charge is 2.30. The highest BCUT2D eigenvalue weighted by molar-refractivity contribution is 7.92. The van der Waals surface area contributed by atoms with Crippen molar-refractivity contribution < 1.29 is 23.1 Å². The monoisotopic (exact) mass is 531 g/mol. The van der Waals surface area contributed by atoms with Gasteiger partial charge < -0.3 is 19.7 Å². The number of carboxylic acid groups (broad SMARTS) is 1. The Balaban J connectivity index is 1.85. The molecule has 0 spiro atoms. The number of likely N-dealkylation sites (tertiary alicyclic amines) is 1. The predicted octanol–water partition coefficient (Wildman–Crippen LogP) is 3.46. The van der Waals surface area contributed by atoms with Gasteiger partial charge in [0.1, 0.15) is 17.1 Å². The van der Waals surface area contributed by atoms with Crippen LogP contribution in [0, 0.1) is 0 Å². The molecule has 1 saturated heterocycles. The zero-order valence-corrected chi connectivity index (χ0v) is 22.3. The summed E-state index contributed by atoms with van der Waals surface area (Å²) < 4.78 is 33.2. The summed E-state index contributed by atoms with van der Waals surface area (Å²) in [4.78, 5) is 34.0. The van der Waals surface area contributed by atoms with Crippen molar-refractivity contribution in [1.29, 1.82) is 0 Å². The van der Waals surface area contributed by atoms with Gasteiger partial charge in [-0.1, -0.05) is 13.8 Å². The molecule has 2 aromatic heterocycles. The van der Waals surface area contributed by atoms with Gasteiger partial charge in [-0.25, -0.2) is 18.2 Å². The first-order valence-corrected chi connectivity index (χ1v) is 14.1. The SMILES string of the molecule is CCCOc1ccc(S(=O)(=O)C(C)C)cc1-c1nc2c(CC)nn(C[C@@H]3CCCN3C(=O)O)c2c(=O)[nH]1. The van der Waals surface area contributed by atoms with Crippen molar-refractivity contribution in [2.24, 2.45) is 0 Å². The third-order valence-corrected chi connectivity index (χ3v) is 8.78. The van der Waals surface area contributed by atoms with Crippen molar-refractivity contribution in [2.45, 2.75) is 76.1 Å². The quantitative estimate of drug-likeness (QED) is 0.427. The van der Waals surface area contributed by atoms with E-state index in [1.165, 1.54) is 17.0 Å². The van der Waals surface area contributed by atoms with E-state index >= 15 is 0 Å². The summed E-state index contributed by atoms with van der Waals surface area (Å²) in [7, 11) is -3.58. The van der Waals surface area contributed by atoms with Gasteiger partial charge in [-0.15, -0.1) is 0 Å². The number of fused-ring (bicyclic) bond motifs is 1. The van der Waals surface area contributed by atoms with E-state index < -0.39 is 26.7 Å². The lowest BCUT2D eigenvalue weighted by molar-refractivity contribution is 0.135. The Bertz CT molecular complexity index is 1480. The lowest BCUT2D eigenvalue weighted by Gasteiger charge is -2.21. The highest BCUT2D eigenvalue weighted by atomic mass is 32.2. The average molecular weight is 532 g/mol. The molecule has 0 unspecified atom stereocenters. The van der Waals surface area contributed by atoms with E-state index in [0.29, 0.717) is 48.5 Å². The minimum absolute atomic E-state index is 0.116. The summed E-state index contributed by atoms with van der Waals surface area (Å²) in [6.07, 6.45) is 1.71. The van der Waals surface area contributed by atoms with Crippen LogP contribution < -0.4 is 10.3 Å². The first-order chi connectivity index (χ1) is 17.6. The van der Waals surface area contributed by atoms with E-state index in [1.54, 1.807) is 24.6 Å². The van der Waals surface area contributed by atoms with E-state index in [0.717, 1.165) is 12.8 Å². The minimum Gasteiger partial charge on any atom is -0.493 e. The third kappa shape index (κ3) is 5.07. The summed E-state index contributed by atoms with van der Waals surface area (Å²) >= 11 is 0. The number of ether oxygens (including phenoxy) is 1. The molecule has 1 aromatic carbocycles. The second kappa shape index (κ2) is 10.5. The van der Waals surface area contributed by atoms with Crippen molar-refractivity contribution in [1.82, 2.24) is 24.6 Å². The van der Waals surface area contributed by atoms with E-state index in [2.05, 4.69) is 10.1 Å². The number of aromatic nitrogens is 4. The summed E-state index contributed by atoms with van der Waals surface area (Å²) in [6.45, 7) is 8.20. The van der Waals surface area contributed by atoms with Crippen LogP contribution >= 0.6 is 0 Å². The Labute approximate surface area is 215 Å². The van der Waals surface area contributed by atoms with Crippen LogP contribution in [0.1, 0.15) is 52.7 Å². The second-order valence-corrected chi connectivity index (χ2v) is 12.0. The zero-order valence-electron chi connectivity index (χ0n) is 21.5. The average Bonchev–Trinajstić information content (AvgIpc) is 3.47. The molecule has 11 nitrogen and oxygen atoms in total. The molecular weight excluding hydrogens is 498 g/mol. The third-order valence-electron chi connectivity index (χ3n) is 6.63. The Kier molecular flexibility index (Phi) is 7.58. The van der Waals surface area contributed by atoms with Crippen LogP contribution in [0.4, 0.5) is 4.79 Å². The van der Waals surface area contributed by atoms with Crippen LogP contribution in [0.2, 0.25) is 0 Å². The van der Waals surface area contributed by atoms with Gasteiger partial charge >= 0.3 is 6.09 Å². The molecule has 37 heavy (non-hydrogen) atoms. The van der Waals surface area contributed by atoms with Gasteiger partial charge in [0.15, 0.2) is 15.4 Å². The van der Waals surface area contributed by atoms with Crippen LogP contribution in [0.3, 0.4) is 0 Å². The molecule has 1 aliphatic heterocycles. The number of aryl methyl sites for hydroxylation is 1. The van der Waals surface area contributed by atoms with Crippen molar-refractivity contribution in [2.75, 3.05) is 13.2 Å². The molecule has 4 rings (SSSR count). The van der Waals surface area contributed by atoms with E-state index in [-0.39, 0.29) is 28.8 Å². The van der Waals surface area contributed by atoms with Crippen molar-refractivity contribution >= 4 is 27.0 Å². The molecule has 0 radical (unpaired) electrons. The highest BCUT2D eigenvalue weighted by Crippen LogP contribution is 2.32. The fraction of sp³-hybridized carbons (Fsp3) is 0.520. The van der Waals surface area contributed by atoms with E-state index in [4.69, 9.17) is 9.72 Å². The number of nitrogens with zero attached hydrogens (tertiary/aromatic N) is 4. The number of carbonyl (C=O) groups is 1. The normalized spacial score (nSPS) is 16.1. The van der Waals surface area contributed by atoms with Gasteiger partial charge in [0.2, 0.25) is 0 Å². The first-order valence-electron chi connectivity index (χ1n) is 12.6. The summed E-state index contributed by atoms with van der Waals surface area (Å²) in [5.74, 6) is 0.604. The van der Waals surface area contributed by atoms with Gasteiger partial charge in [0.05, 0.1) is 40.6 Å². The minimum atomic E-state index is -3.58. The lowest BCUT2D eigenvalue weighted by atomic mass is 10.1. The van der Waals surface area contributed by atoms with Crippen molar-refractivity contribution in [3.05, 3.63) is 34.2 Å². The number of amides is 1. The van der Waals surface area contributed by atoms with Crippen LogP contribution in [0.15, 0.2) is 27.9 Å². The number of aromatic amines is 1. The number of rotatable bonds is 9. The van der Waals surface area contributed by atoms with Gasteiger partial charge in [0.25, 0.3) is 5.56 Å². The number of benzene rings is 1. The largest absolute Gasteiger partial charge is 0.493 e. The Hall–Kier alpha value is -3.41. The Morgan fingerprint density at radius 1 is 1.30 bits per heavy atom. The predicted molar refractivity (Wildman–Crippen MR) is 139 cm³/mol. The van der Waals surface area contributed by atoms with Gasteiger partial charge in [0, 0.05) is 6.54 Å². The summed E-state index contributed by atoms with van der Waals surface area (Å²) in [6, 6.07) is 4.31. The fourth-order valence-corrected chi connectivity index (χ4v) is 5.69. The van der Waals surface area contributed by atoms with Crippen LogP contribution in [0.5, 0.6) is 5.75 Å². The Morgan fingerprint density at radius 2 is 2.05 bits per heavy atom. The second-order valence-electron chi connectivity index (χ2n) is 9.47. The smallest absolute Gasteiger partial charge is 0.407 e. The maximum Gasteiger partial charge on any atom is 0.407 e. The number of sulfone groups is 1. The number of hydrogen-bond acceptors (Lipinski definition) is 7. The zero-order chi connectivity index (χ0) is 26.9. The molecule has 3 heterocycles. The molecule has 2 N–H and O–H groups in total. The van der Waals surface area contributed by atoms with Crippen molar-refractivity contribution in [3.63, 3.8) is 0 Å². The maximum absolute atomic E-state index is 13.4. The standard InChI is InChI=1S/C25H33N5O6S/c1-5-12-36-20-10-9-17(37(34,35)15(3)4)13-18(20)23-26-21-19(6-2)28-30(22(21)24(31)27-23)14-16-8-7-11-29(16)25(32)33/h9-10,13,15-16H,5-8,11-12,14H2,1-4H3,(H,32,33)(H,26,27,31)/t16-/m0/s1.